The number of carbonyl (C=O) groups excluding carboxylic acids is 2. The maximum Gasteiger partial charge on any atom is 0.250 e. The topological polar surface area (TPSA) is 83.1 Å². The summed E-state index contributed by atoms with van der Waals surface area (Å²) in [6.07, 6.45) is 5.68. The van der Waals surface area contributed by atoms with E-state index in [0.717, 1.165) is 11.1 Å². The highest BCUT2D eigenvalue weighted by molar-refractivity contribution is 6.07. The summed E-state index contributed by atoms with van der Waals surface area (Å²) < 4.78 is 20.8. The van der Waals surface area contributed by atoms with Crippen LogP contribution < -0.4 is 24.3 Å². The first-order valence-electron chi connectivity index (χ1n) is 8.66. The van der Waals surface area contributed by atoms with Gasteiger partial charge < -0.3 is 18.9 Å². The third-order valence-electron chi connectivity index (χ3n) is 3.92. The number of hydrogen-bond acceptors (Lipinski definition) is 6. The van der Waals surface area contributed by atoms with E-state index in [0.29, 0.717) is 23.0 Å². The third-order valence-corrected chi connectivity index (χ3v) is 3.92. The molecule has 2 amide bonds. The van der Waals surface area contributed by atoms with Crippen molar-refractivity contribution < 1.29 is 28.5 Å². The Bertz CT molecular complexity index is 857. The molecule has 0 heterocycles. The zero-order chi connectivity index (χ0) is 21.2. The van der Waals surface area contributed by atoms with Crippen LogP contribution in [0, 0.1) is 0 Å². The molecule has 0 radical (unpaired) electrons. The van der Waals surface area contributed by atoms with Gasteiger partial charge in [-0.15, -0.1) is 0 Å². The predicted molar refractivity (Wildman–Crippen MR) is 110 cm³/mol. The molecule has 7 nitrogen and oxygen atoms in total. The van der Waals surface area contributed by atoms with E-state index in [-0.39, 0.29) is 0 Å². The molecule has 0 spiro atoms. The molecular weight excluding hydrogens is 374 g/mol. The smallest absolute Gasteiger partial charge is 0.250 e. The Morgan fingerprint density at radius 3 is 1.38 bits per heavy atom. The van der Waals surface area contributed by atoms with Gasteiger partial charge >= 0.3 is 0 Å². The van der Waals surface area contributed by atoms with Gasteiger partial charge in [-0.25, -0.2) is 0 Å². The third kappa shape index (κ3) is 6.14. The second kappa shape index (κ2) is 10.6. The second-order valence-electron chi connectivity index (χ2n) is 5.75. The minimum absolute atomic E-state index is 0.540. The molecule has 0 bridgehead atoms. The number of ether oxygens (including phenoxy) is 4. The molecule has 0 aliphatic rings. The van der Waals surface area contributed by atoms with E-state index >= 15 is 0 Å². The lowest BCUT2D eigenvalue weighted by Crippen LogP contribution is -2.26. The van der Waals surface area contributed by atoms with Crippen molar-refractivity contribution in [2.45, 2.75) is 0 Å². The molecule has 0 aliphatic heterocycles. The summed E-state index contributed by atoms with van der Waals surface area (Å²) >= 11 is 0. The first-order chi connectivity index (χ1) is 14.0. The molecule has 1 N–H and O–H groups in total. The molecule has 2 aromatic carbocycles. The van der Waals surface area contributed by atoms with Crippen LogP contribution in [0.1, 0.15) is 11.1 Å². The molecule has 0 aromatic heterocycles. The van der Waals surface area contributed by atoms with Crippen LogP contribution in [0.2, 0.25) is 0 Å². The van der Waals surface area contributed by atoms with Crippen LogP contribution in [0.25, 0.3) is 12.2 Å². The largest absolute Gasteiger partial charge is 0.493 e. The van der Waals surface area contributed by atoms with Gasteiger partial charge in [0, 0.05) is 12.2 Å². The molecule has 152 valence electrons. The van der Waals surface area contributed by atoms with Crippen LogP contribution in [0.4, 0.5) is 0 Å². The lowest BCUT2D eigenvalue weighted by molar-refractivity contribution is -0.125. The molecule has 2 aromatic rings. The first kappa shape index (κ1) is 21.6. The molecule has 0 fully saturated rings. The maximum absolute atomic E-state index is 12.0. The van der Waals surface area contributed by atoms with E-state index in [9.17, 15) is 9.59 Å². The normalized spacial score (nSPS) is 10.8. The van der Waals surface area contributed by atoms with Gasteiger partial charge in [0.15, 0.2) is 23.0 Å². The Morgan fingerprint density at radius 2 is 1.03 bits per heavy atom. The van der Waals surface area contributed by atoms with Crippen LogP contribution in [0.5, 0.6) is 23.0 Å². The lowest BCUT2D eigenvalue weighted by Gasteiger charge is -2.07. The number of nitrogens with one attached hydrogen (secondary N) is 1. The molecule has 0 atom stereocenters. The summed E-state index contributed by atoms with van der Waals surface area (Å²) in [6, 6.07) is 10.4. The Kier molecular flexibility index (Phi) is 7.85. The van der Waals surface area contributed by atoms with E-state index in [4.69, 9.17) is 18.9 Å². The van der Waals surface area contributed by atoms with Crippen LogP contribution in [0.15, 0.2) is 48.6 Å². The minimum atomic E-state index is -0.540. The SMILES string of the molecule is COc1ccc(/C=C/C(=O)NC(=O)/C=C/c2ccc(OC)c(OC)c2)cc1OC. The van der Waals surface area contributed by atoms with Crippen molar-refractivity contribution in [3.05, 3.63) is 59.7 Å². The number of imide groups is 1. The number of hydrogen-bond donors (Lipinski definition) is 1. The van der Waals surface area contributed by atoms with Gasteiger partial charge in [0.1, 0.15) is 0 Å². The van der Waals surface area contributed by atoms with Gasteiger partial charge in [0.2, 0.25) is 0 Å². The molecule has 0 unspecified atom stereocenters. The molecule has 0 saturated carbocycles. The number of amides is 2. The standard InChI is InChI=1S/C22H23NO6/c1-26-17-9-5-15(13-19(17)28-3)7-11-21(24)23-22(25)12-8-16-6-10-18(27-2)20(14-16)29-4/h5-14H,1-4H3,(H,23,24,25)/b11-7+,12-8+. The number of carbonyl (C=O) groups is 2. The minimum Gasteiger partial charge on any atom is -0.493 e. The van der Waals surface area contributed by atoms with E-state index in [1.54, 1.807) is 62.8 Å². The summed E-state index contributed by atoms with van der Waals surface area (Å²) in [5.41, 5.74) is 1.46. The Morgan fingerprint density at radius 1 is 0.655 bits per heavy atom. The monoisotopic (exact) mass is 397 g/mol. The first-order valence-corrected chi connectivity index (χ1v) is 8.66. The zero-order valence-corrected chi connectivity index (χ0v) is 16.7. The van der Waals surface area contributed by atoms with E-state index in [1.165, 1.54) is 26.4 Å². The molecule has 2 rings (SSSR count). The fraction of sp³-hybridized carbons (Fsp3) is 0.182. The van der Waals surface area contributed by atoms with E-state index < -0.39 is 11.8 Å². The van der Waals surface area contributed by atoms with Crippen molar-refractivity contribution in [3.8, 4) is 23.0 Å². The molecular formula is C22H23NO6. The average Bonchev–Trinajstić information content (AvgIpc) is 2.75. The Balaban J connectivity index is 1.97. The van der Waals surface area contributed by atoms with Crippen LogP contribution in [0.3, 0.4) is 0 Å². The highest BCUT2D eigenvalue weighted by atomic mass is 16.5. The van der Waals surface area contributed by atoms with Gasteiger partial charge in [-0.05, 0) is 47.5 Å². The van der Waals surface area contributed by atoms with Crippen molar-refractivity contribution in [1.29, 1.82) is 0 Å². The Hall–Kier alpha value is -3.74. The Labute approximate surface area is 169 Å². The van der Waals surface area contributed by atoms with Gasteiger partial charge in [-0.1, -0.05) is 12.1 Å². The lowest BCUT2D eigenvalue weighted by atomic mass is 10.2. The van der Waals surface area contributed by atoms with Crippen molar-refractivity contribution in [3.63, 3.8) is 0 Å². The fourth-order valence-electron chi connectivity index (χ4n) is 2.46. The van der Waals surface area contributed by atoms with Gasteiger partial charge in [-0.2, -0.15) is 0 Å². The zero-order valence-electron chi connectivity index (χ0n) is 16.7. The maximum atomic E-state index is 12.0. The van der Waals surface area contributed by atoms with Gasteiger partial charge in [0.05, 0.1) is 28.4 Å². The summed E-state index contributed by atoms with van der Waals surface area (Å²) in [6.45, 7) is 0. The number of methoxy groups -OCH3 is 4. The van der Waals surface area contributed by atoms with Gasteiger partial charge in [0.25, 0.3) is 11.8 Å². The molecule has 29 heavy (non-hydrogen) atoms. The predicted octanol–water partition coefficient (Wildman–Crippen LogP) is 3.09. The van der Waals surface area contributed by atoms with Crippen LogP contribution in [-0.2, 0) is 9.59 Å². The van der Waals surface area contributed by atoms with Gasteiger partial charge in [-0.3, -0.25) is 14.9 Å². The second-order valence-corrected chi connectivity index (χ2v) is 5.75. The average molecular weight is 397 g/mol. The highest BCUT2D eigenvalue weighted by Crippen LogP contribution is 2.28. The fourth-order valence-corrected chi connectivity index (χ4v) is 2.46. The molecule has 0 aliphatic carbocycles. The van der Waals surface area contributed by atoms with Crippen LogP contribution >= 0.6 is 0 Å². The van der Waals surface area contributed by atoms with Crippen molar-refractivity contribution >= 4 is 24.0 Å². The number of rotatable bonds is 8. The van der Waals surface area contributed by atoms with Crippen LogP contribution in [-0.4, -0.2) is 40.3 Å². The quantitative estimate of drug-likeness (QED) is 0.690. The molecule has 0 saturated heterocycles. The van der Waals surface area contributed by atoms with Crippen molar-refractivity contribution in [2.24, 2.45) is 0 Å². The summed E-state index contributed by atoms with van der Waals surface area (Å²) in [5, 5.41) is 2.26. The number of benzene rings is 2. The van der Waals surface area contributed by atoms with E-state index in [1.807, 2.05) is 0 Å². The summed E-state index contributed by atoms with van der Waals surface area (Å²) in [5.74, 6) is 1.19. The summed E-state index contributed by atoms with van der Waals surface area (Å²) in [4.78, 5) is 23.9. The van der Waals surface area contributed by atoms with Crippen molar-refractivity contribution in [2.75, 3.05) is 28.4 Å². The van der Waals surface area contributed by atoms with Crippen molar-refractivity contribution in [1.82, 2.24) is 5.32 Å². The highest BCUT2D eigenvalue weighted by Gasteiger charge is 2.06. The summed E-state index contributed by atoms with van der Waals surface area (Å²) in [7, 11) is 6.15. The van der Waals surface area contributed by atoms with E-state index in [2.05, 4.69) is 5.32 Å². The molecule has 7 heteroatoms.